The Hall–Kier alpha value is -2.89. The van der Waals surface area contributed by atoms with Crippen LogP contribution in [-0.4, -0.2) is 30.6 Å². The molecule has 1 N–H and O–H groups in total. The SMILES string of the molecule is CCOc1ccc(C(=O)NC(CC(=O)OC)c2ccc(C)cc2)cn1. The normalized spacial score (nSPS) is 11.5. The molecule has 0 aliphatic rings. The van der Waals surface area contributed by atoms with Crippen LogP contribution >= 0.6 is 0 Å². The van der Waals surface area contributed by atoms with Crippen LogP contribution in [0.1, 0.15) is 40.9 Å². The van der Waals surface area contributed by atoms with Gasteiger partial charge in [-0.05, 0) is 25.5 Å². The third kappa shape index (κ3) is 5.31. The van der Waals surface area contributed by atoms with Gasteiger partial charge in [-0.2, -0.15) is 0 Å². The van der Waals surface area contributed by atoms with Crippen molar-refractivity contribution in [3.63, 3.8) is 0 Å². The lowest BCUT2D eigenvalue weighted by Gasteiger charge is -2.18. The molecule has 0 saturated heterocycles. The monoisotopic (exact) mass is 342 g/mol. The van der Waals surface area contributed by atoms with Gasteiger partial charge in [0, 0.05) is 12.3 Å². The molecule has 0 fully saturated rings. The van der Waals surface area contributed by atoms with Crippen molar-refractivity contribution in [1.29, 1.82) is 0 Å². The summed E-state index contributed by atoms with van der Waals surface area (Å²) in [5.41, 5.74) is 2.33. The summed E-state index contributed by atoms with van der Waals surface area (Å²) in [4.78, 5) is 28.3. The second-order valence-corrected chi connectivity index (χ2v) is 5.54. The molecule has 0 aliphatic heterocycles. The number of methoxy groups -OCH3 is 1. The molecule has 2 rings (SSSR count). The molecular weight excluding hydrogens is 320 g/mol. The van der Waals surface area contributed by atoms with Crippen LogP contribution in [0.2, 0.25) is 0 Å². The van der Waals surface area contributed by atoms with E-state index in [0.717, 1.165) is 11.1 Å². The summed E-state index contributed by atoms with van der Waals surface area (Å²) in [6.07, 6.45) is 1.50. The molecule has 1 amide bonds. The molecule has 1 aromatic heterocycles. The molecule has 6 heteroatoms. The van der Waals surface area contributed by atoms with Gasteiger partial charge in [0.25, 0.3) is 5.91 Å². The second kappa shape index (κ2) is 8.82. The van der Waals surface area contributed by atoms with Gasteiger partial charge in [-0.1, -0.05) is 29.8 Å². The number of ether oxygens (including phenoxy) is 2. The number of benzene rings is 1. The maximum absolute atomic E-state index is 12.5. The lowest BCUT2D eigenvalue weighted by atomic mass is 10.0. The highest BCUT2D eigenvalue weighted by molar-refractivity contribution is 5.94. The number of aryl methyl sites for hydroxylation is 1. The predicted octanol–water partition coefficient (Wildman–Crippen LogP) is 2.82. The third-order valence-electron chi connectivity index (χ3n) is 3.67. The van der Waals surface area contributed by atoms with Gasteiger partial charge in [0.2, 0.25) is 5.88 Å². The highest BCUT2D eigenvalue weighted by Crippen LogP contribution is 2.19. The Morgan fingerprint density at radius 2 is 1.88 bits per heavy atom. The van der Waals surface area contributed by atoms with E-state index in [1.54, 1.807) is 12.1 Å². The molecule has 0 saturated carbocycles. The van der Waals surface area contributed by atoms with Gasteiger partial charge < -0.3 is 14.8 Å². The fourth-order valence-corrected chi connectivity index (χ4v) is 2.29. The van der Waals surface area contributed by atoms with E-state index in [4.69, 9.17) is 9.47 Å². The minimum atomic E-state index is -0.480. The fourth-order valence-electron chi connectivity index (χ4n) is 2.29. The third-order valence-corrected chi connectivity index (χ3v) is 3.67. The molecule has 0 spiro atoms. The topological polar surface area (TPSA) is 77.5 Å². The van der Waals surface area contributed by atoms with Crippen molar-refractivity contribution in [2.24, 2.45) is 0 Å². The van der Waals surface area contributed by atoms with Crippen LogP contribution in [0.25, 0.3) is 0 Å². The number of hydrogen-bond donors (Lipinski definition) is 1. The molecule has 0 radical (unpaired) electrons. The molecule has 132 valence electrons. The van der Waals surface area contributed by atoms with E-state index in [9.17, 15) is 9.59 Å². The van der Waals surface area contributed by atoms with Gasteiger partial charge >= 0.3 is 5.97 Å². The lowest BCUT2D eigenvalue weighted by Crippen LogP contribution is -2.30. The Morgan fingerprint density at radius 1 is 1.16 bits per heavy atom. The van der Waals surface area contributed by atoms with Crippen molar-refractivity contribution < 1.29 is 19.1 Å². The van der Waals surface area contributed by atoms with E-state index in [1.165, 1.54) is 13.3 Å². The zero-order valence-electron chi connectivity index (χ0n) is 14.6. The van der Waals surface area contributed by atoms with Gasteiger partial charge in [-0.15, -0.1) is 0 Å². The fraction of sp³-hybridized carbons (Fsp3) is 0.316. The molecule has 1 atom stereocenters. The molecule has 1 aromatic carbocycles. The quantitative estimate of drug-likeness (QED) is 0.783. The maximum atomic E-state index is 12.5. The number of nitrogens with one attached hydrogen (secondary N) is 1. The van der Waals surface area contributed by atoms with Crippen molar-refractivity contribution in [1.82, 2.24) is 10.3 Å². The molecule has 2 aromatic rings. The zero-order chi connectivity index (χ0) is 18.2. The number of carbonyl (C=O) groups is 2. The van der Waals surface area contributed by atoms with Crippen molar-refractivity contribution in [3.8, 4) is 5.88 Å². The molecule has 0 aliphatic carbocycles. The number of carbonyl (C=O) groups excluding carboxylic acids is 2. The minimum absolute atomic E-state index is 0.0513. The van der Waals surface area contributed by atoms with E-state index in [1.807, 2.05) is 38.1 Å². The van der Waals surface area contributed by atoms with Crippen LogP contribution in [0.3, 0.4) is 0 Å². The predicted molar refractivity (Wildman–Crippen MR) is 93.4 cm³/mol. The number of aromatic nitrogens is 1. The highest BCUT2D eigenvalue weighted by atomic mass is 16.5. The Morgan fingerprint density at radius 3 is 2.44 bits per heavy atom. The van der Waals surface area contributed by atoms with Gasteiger partial charge in [-0.3, -0.25) is 9.59 Å². The first-order valence-electron chi connectivity index (χ1n) is 8.06. The Labute approximate surface area is 147 Å². The first-order valence-corrected chi connectivity index (χ1v) is 8.06. The van der Waals surface area contributed by atoms with Gasteiger partial charge in [0.1, 0.15) is 0 Å². The van der Waals surface area contributed by atoms with Crippen LogP contribution in [-0.2, 0) is 9.53 Å². The number of pyridine rings is 1. The van der Waals surface area contributed by atoms with Gasteiger partial charge in [0.15, 0.2) is 0 Å². The summed E-state index contributed by atoms with van der Waals surface area (Å²) >= 11 is 0. The summed E-state index contributed by atoms with van der Waals surface area (Å²) < 4.78 is 10.0. The van der Waals surface area contributed by atoms with Crippen molar-refractivity contribution in [2.45, 2.75) is 26.3 Å². The number of nitrogens with zero attached hydrogens (tertiary/aromatic N) is 1. The number of rotatable bonds is 7. The molecular formula is C19H22N2O4. The van der Waals surface area contributed by atoms with Crippen LogP contribution < -0.4 is 10.1 Å². The van der Waals surface area contributed by atoms with E-state index in [2.05, 4.69) is 10.3 Å². The van der Waals surface area contributed by atoms with Crippen LogP contribution in [0.15, 0.2) is 42.6 Å². The first-order chi connectivity index (χ1) is 12.0. The summed E-state index contributed by atoms with van der Waals surface area (Å²) in [6, 6.07) is 10.4. The van der Waals surface area contributed by atoms with E-state index < -0.39 is 12.0 Å². The Kier molecular flexibility index (Phi) is 6.51. The zero-order valence-corrected chi connectivity index (χ0v) is 14.6. The first kappa shape index (κ1) is 18.4. The van der Waals surface area contributed by atoms with Gasteiger partial charge in [0.05, 0.1) is 31.7 Å². The average molecular weight is 342 g/mol. The maximum Gasteiger partial charge on any atom is 0.307 e. The lowest BCUT2D eigenvalue weighted by molar-refractivity contribution is -0.141. The Balaban J connectivity index is 2.15. The number of amides is 1. The smallest absolute Gasteiger partial charge is 0.307 e. The number of hydrogen-bond acceptors (Lipinski definition) is 5. The largest absolute Gasteiger partial charge is 0.478 e. The summed E-state index contributed by atoms with van der Waals surface area (Å²) in [5.74, 6) is -0.246. The summed E-state index contributed by atoms with van der Waals surface area (Å²) in [6.45, 7) is 4.34. The summed E-state index contributed by atoms with van der Waals surface area (Å²) in [5, 5.41) is 2.87. The van der Waals surface area contributed by atoms with Crippen LogP contribution in [0.4, 0.5) is 0 Å². The van der Waals surface area contributed by atoms with Crippen molar-refractivity contribution >= 4 is 11.9 Å². The minimum Gasteiger partial charge on any atom is -0.478 e. The van der Waals surface area contributed by atoms with Crippen molar-refractivity contribution in [3.05, 3.63) is 59.3 Å². The molecule has 1 unspecified atom stereocenters. The average Bonchev–Trinajstić information content (AvgIpc) is 2.62. The second-order valence-electron chi connectivity index (χ2n) is 5.54. The highest BCUT2D eigenvalue weighted by Gasteiger charge is 2.20. The summed E-state index contributed by atoms with van der Waals surface area (Å²) in [7, 11) is 1.33. The molecule has 6 nitrogen and oxygen atoms in total. The van der Waals surface area contributed by atoms with Crippen LogP contribution in [0.5, 0.6) is 5.88 Å². The van der Waals surface area contributed by atoms with E-state index in [0.29, 0.717) is 18.1 Å². The molecule has 1 heterocycles. The number of esters is 1. The van der Waals surface area contributed by atoms with E-state index in [-0.39, 0.29) is 12.3 Å². The van der Waals surface area contributed by atoms with Crippen molar-refractivity contribution in [2.75, 3.05) is 13.7 Å². The Bertz CT molecular complexity index is 711. The standard InChI is InChI=1S/C19H22N2O4/c1-4-25-17-10-9-15(12-20-17)19(23)21-16(11-18(22)24-3)14-7-5-13(2)6-8-14/h5-10,12,16H,4,11H2,1-3H3,(H,21,23). The molecule has 25 heavy (non-hydrogen) atoms. The van der Waals surface area contributed by atoms with Gasteiger partial charge in [-0.25, -0.2) is 4.98 Å². The van der Waals surface area contributed by atoms with Crippen LogP contribution in [0, 0.1) is 6.92 Å². The molecule has 0 bridgehead atoms. The van der Waals surface area contributed by atoms with E-state index >= 15 is 0 Å².